The maximum atomic E-state index is 13.5. The van der Waals surface area contributed by atoms with Gasteiger partial charge >= 0.3 is 0 Å². The first-order valence-electron chi connectivity index (χ1n) is 19.5. The van der Waals surface area contributed by atoms with E-state index in [0.29, 0.717) is 36.4 Å². The van der Waals surface area contributed by atoms with Gasteiger partial charge in [0.2, 0.25) is 11.8 Å². The third-order valence-corrected chi connectivity index (χ3v) is 10.5. The predicted octanol–water partition coefficient (Wildman–Crippen LogP) is 4.32. The highest BCUT2D eigenvalue weighted by Gasteiger charge is 2.47. The lowest BCUT2D eigenvalue weighted by atomic mass is 9.90. The Morgan fingerprint density at radius 1 is 0.789 bits per heavy atom. The fourth-order valence-electron chi connectivity index (χ4n) is 6.69. The van der Waals surface area contributed by atoms with Crippen molar-refractivity contribution < 1.29 is 38.6 Å². The van der Waals surface area contributed by atoms with Gasteiger partial charge in [-0.2, -0.15) is 0 Å². The number of carbonyl (C=O) groups excluding carboxylic acids is 6. The second-order valence-corrected chi connectivity index (χ2v) is 15.3. The number of nitrogens with two attached hydrogens (primary N) is 2. The summed E-state index contributed by atoms with van der Waals surface area (Å²) < 4.78 is 5.60. The standard InChI is InChI=1S/C43H54ClN5O8/c1-25(39(54)41-40(57-41)32-7-6-20-47-24-32)21-36(52)34(8-4-5-18-45)48-42(55)26(2)22-37(53)38(27(3)50)49-43(56)31(17-19-46)23-35(51)30-11-9-28(10-12-30)29-13-15-33(44)16-14-29/h6-7,9-16,20,24-27,31,34,38,40-41,50H,4-5,8,17-19,21-23,45-46H2,1-3H3,(H,48,55)(H,49,56)/t25-,26-,27-,31-,34+,38+,40?,41?/m1/s1. The van der Waals surface area contributed by atoms with Crippen molar-refractivity contribution in [3.63, 3.8) is 0 Å². The molecule has 0 aliphatic carbocycles. The lowest BCUT2D eigenvalue weighted by molar-refractivity contribution is -0.135. The maximum absolute atomic E-state index is 13.5. The monoisotopic (exact) mass is 803 g/mol. The zero-order chi connectivity index (χ0) is 41.6. The lowest BCUT2D eigenvalue weighted by Gasteiger charge is -2.25. The molecule has 2 aromatic carbocycles. The van der Waals surface area contributed by atoms with Gasteiger partial charge in [0.25, 0.3) is 0 Å². The van der Waals surface area contributed by atoms with Crippen LogP contribution in [0.1, 0.15) is 87.7 Å². The molecule has 0 bridgehead atoms. The van der Waals surface area contributed by atoms with Crippen molar-refractivity contribution in [3.8, 4) is 11.1 Å². The van der Waals surface area contributed by atoms with E-state index in [0.717, 1.165) is 16.7 Å². The quantitative estimate of drug-likeness (QED) is 0.0487. The number of amides is 2. The number of aliphatic hydroxyl groups is 1. The first-order chi connectivity index (χ1) is 27.2. The molecule has 1 aliphatic heterocycles. The highest BCUT2D eigenvalue weighted by atomic mass is 35.5. The fourth-order valence-corrected chi connectivity index (χ4v) is 6.82. The summed E-state index contributed by atoms with van der Waals surface area (Å²) in [6.45, 7) is 5.01. The Kier molecular flexibility index (Phi) is 17.2. The Morgan fingerprint density at radius 2 is 1.44 bits per heavy atom. The van der Waals surface area contributed by atoms with E-state index in [-0.39, 0.29) is 49.6 Å². The molecule has 8 atom stereocenters. The van der Waals surface area contributed by atoms with Crippen molar-refractivity contribution in [2.24, 2.45) is 29.2 Å². The zero-order valence-electron chi connectivity index (χ0n) is 32.7. The van der Waals surface area contributed by atoms with Gasteiger partial charge in [0, 0.05) is 65.6 Å². The molecule has 306 valence electrons. The van der Waals surface area contributed by atoms with Crippen molar-refractivity contribution in [3.05, 3.63) is 89.2 Å². The summed E-state index contributed by atoms with van der Waals surface area (Å²) in [5.74, 6) is -5.10. The number of carbonyl (C=O) groups is 6. The molecular weight excluding hydrogens is 750 g/mol. The molecule has 14 heteroatoms. The number of pyridine rings is 1. The van der Waals surface area contributed by atoms with E-state index in [9.17, 15) is 33.9 Å². The number of hydrogen-bond acceptors (Lipinski definition) is 11. The average molecular weight is 804 g/mol. The second kappa shape index (κ2) is 21.8. The molecule has 13 nitrogen and oxygen atoms in total. The third kappa shape index (κ3) is 13.2. The van der Waals surface area contributed by atoms with E-state index in [1.165, 1.54) is 13.8 Å². The van der Waals surface area contributed by atoms with Crippen LogP contribution in [0, 0.1) is 17.8 Å². The Balaban J connectivity index is 1.33. The number of hydrogen-bond donors (Lipinski definition) is 5. The minimum Gasteiger partial charge on any atom is -0.391 e. The molecule has 4 rings (SSSR count). The van der Waals surface area contributed by atoms with Gasteiger partial charge in [-0.05, 0) is 75.0 Å². The molecule has 2 unspecified atom stereocenters. The van der Waals surface area contributed by atoms with Crippen LogP contribution in [0.25, 0.3) is 11.1 Å². The molecule has 57 heavy (non-hydrogen) atoms. The van der Waals surface area contributed by atoms with Crippen LogP contribution in [0.5, 0.6) is 0 Å². The smallest absolute Gasteiger partial charge is 0.224 e. The normalized spacial score (nSPS) is 17.9. The molecular formula is C43H54ClN5O8. The molecule has 7 N–H and O–H groups in total. The number of rotatable bonds is 24. The van der Waals surface area contributed by atoms with E-state index in [1.807, 2.05) is 18.2 Å². The van der Waals surface area contributed by atoms with E-state index in [1.54, 1.807) is 61.8 Å². The summed E-state index contributed by atoms with van der Waals surface area (Å²) in [6, 6.07) is 15.5. The molecule has 2 heterocycles. The molecule has 1 aliphatic rings. The first kappa shape index (κ1) is 45.0. The summed E-state index contributed by atoms with van der Waals surface area (Å²) in [6.07, 6.45) is 1.85. The largest absolute Gasteiger partial charge is 0.391 e. The maximum Gasteiger partial charge on any atom is 0.224 e. The number of nitrogens with zero attached hydrogens (tertiary/aromatic N) is 1. The number of halogens is 1. The fraction of sp³-hybridized carbons (Fsp3) is 0.465. The Hall–Kier alpha value is -4.66. The van der Waals surface area contributed by atoms with Gasteiger partial charge < -0.3 is 31.9 Å². The highest BCUT2D eigenvalue weighted by molar-refractivity contribution is 6.30. The van der Waals surface area contributed by atoms with Gasteiger partial charge in [-0.25, -0.2) is 0 Å². The van der Waals surface area contributed by atoms with Crippen LogP contribution in [-0.4, -0.2) is 82.4 Å². The van der Waals surface area contributed by atoms with Gasteiger partial charge in [-0.3, -0.25) is 33.8 Å². The minimum absolute atomic E-state index is 0.101. The van der Waals surface area contributed by atoms with Crippen molar-refractivity contribution in [1.29, 1.82) is 0 Å². The zero-order valence-corrected chi connectivity index (χ0v) is 33.5. The van der Waals surface area contributed by atoms with Gasteiger partial charge in [-0.15, -0.1) is 0 Å². The van der Waals surface area contributed by atoms with Crippen LogP contribution in [0.2, 0.25) is 5.02 Å². The number of aliphatic hydroxyl groups excluding tert-OH is 1. The van der Waals surface area contributed by atoms with Crippen LogP contribution in [0.15, 0.2) is 73.1 Å². The number of epoxide rings is 1. The van der Waals surface area contributed by atoms with Crippen LogP contribution in [0.3, 0.4) is 0 Å². The van der Waals surface area contributed by atoms with Crippen molar-refractivity contribution in [1.82, 2.24) is 15.6 Å². The van der Waals surface area contributed by atoms with Crippen LogP contribution >= 0.6 is 11.6 Å². The summed E-state index contributed by atoms with van der Waals surface area (Å²) in [4.78, 5) is 84.3. The summed E-state index contributed by atoms with van der Waals surface area (Å²) in [5.41, 5.74) is 14.4. The molecule has 0 radical (unpaired) electrons. The van der Waals surface area contributed by atoms with Crippen molar-refractivity contribution >= 4 is 46.5 Å². The Morgan fingerprint density at radius 3 is 2.04 bits per heavy atom. The number of unbranched alkanes of at least 4 members (excludes halogenated alkanes) is 1. The number of benzene rings is 2. The number of nitrogens with one attached hydrogen (secondary N) is 2. The van der Waals surface area contributed by atoms with Crippen LogP contribution < -0.4 is 22.1 Å². The molecule has 2 amide bonds. The van der Waals surface area contributed by atoms with E-state index in [4.69, 9.17) is 27.8 Å². The second-order valence-electron chi connectivity index (χ2n) is 14.9. The predicted molar refractivity (Wildman–Crippen MR) is 216 cm³/mol. The van der Waals surface area contributed by atoms with E-state index < -0.39 is 65.7 Å². The topological polar surface area (TPSA) is 224 Å². The lowest BCUT2D eigenvalue weighted by Crippen LogP contribution is -2.51. The van der Waals surface area contributed by atoms with Crippen molar-refractivity contribution in [2.45, 2.75) is 96.1 Å². The number of ketones is 4. The summed E-state index contributed by atoms with van der Waals surface area (Å²) in [7, 11) is 0. The molecule has 1 saturated heterocycles. The first-order valence-corrected chi connectivity index (χ1v) is 19.8. The molecule has 0 saturated carbocycles. The summed E-state index contributed by atoms with van der Waals surface area (Å²) >= 11 is 5.99. The van der Waals surface area contributed by atoms with Gasteiger partial charge in [0.15, 0.2) is 23.1 Å². The summed E-state index contributed by atoms with van der Waals surface area (Å²) in [5, 5.41) is 16.5. The van der Waals surface area contributed by atoms with Gasteiger partial charge in [-0.1, -0.05) is 67.9 Å². The average Bonchev–Trinajstić information content (AvgIpc) is 4.00. The van der Waals surface area contributed by atoms with Gasteiger partial charge in [0.1, 0.15) is 18.2 Å². The SMILES string of the molecule is C[C@H](CC(=O)[C@@H](NC(=O)[C@H](CCN)CC(=O)c1ccc(-c2ccc(Cl)cc2)cc1)[C@@H](C)O)C(=O)N[C@@H](CCCCN)C(=O)C[C@@H](C)C(=O)C1OC1c1cccnc1. The Labute approximate surface area is 338 Å². The highest BCUT2D eigenvalue weighted by Crippen LogP contribution is 2.40. The Bertz CT molecular complexity index is 1840. The third-order valence-electron chi connectivity index (χ3n) is 10.2. The molecule has 3 aromatic rings. The van der Waals surface area contributed by atoms with E-state index in [2.05, 4.69) is 15.6 Å². The molecule has 0 spiro atoms. The number of Topliss-reactive ketones (excluding diaryl/α,β-unsaturated/α-hetero) is 4. The number of ether oxygens (including phenoxy) is 1. The number of aromatic nitrogens is 1. The minimum atomic E-state index is -1.37. The van der Waals surface area contributed by atoms with Crippen molar-refractivity contribution in [2.75, 3.05) is 13.1 Å². The molecule has 1 fully saturated rings. The molecule has 1 aromatic heterocycles. The van der Waals surface area contributed by atoms with Gasteiger partial charge in [0.05, 0.1) is 12.1 Å². The van der Waals surface area contributed by atoms with Crippen LogP contribution in [-0.2, 0) is 28.7 Å². The van der Waals surface area contributed by atoms with E-state index >= 15 is 0 Å². The van der Waals surface area contributed by atoms with Crippen LogP contribution in [0.4, 0.5) is 0 Å².